The number of rotatable bonds is 3. The van der Waals surface area contributed by atoms with Crippen molar-refractivity contribution in [2.45, 2.75) is 0 Å². The van der Waals surface area contributed by atoms with Gasteiger partial charge in [0.2, 0.25) is 5.88 Å². The van der Waals surface area contributed by atoms with Gasteiger partial charge >= 0.3 is 5.69 Å². The molecule has 0 aliphatic rings. The first-order valence-corrected chi connectivity index (χ1v) is 7.86. The molecule has 0 bridgehead atoms. The molecule has 0 saturated heterocycles. The van der Waals surface area contributed by atoms with Crippen molar-refractivity contribution >= 4 is 35.1 Å². The number of aromatic hydroxyl groups is 1. The van der Waals surface area contributed by atoms with Gasteiger partial charge in [-0.2, -0.15) is 0 Å². The van der Waals surface area contributed by atoms with E-state index in [4.69, 9.17) is 23.2 Å². The Hall–Kier alpha value is -2.83. The number of para-hydroxylation sites is 1. The van der Waals surface area contributed by atoms with Gasteiger partial charge in [-0.25, -0.2) is 9.36 Å². The topological polar surface area (TPSA) is 87.5 Å². The van der Waals surface area contributed by atoms with Crippen LogP contribution in [0.3, 0.4) is 0 Å². The van der Waals surface area contributed by atoms with Crippen molar-refractivity contribution in [1.29, 1.82) is 0 Å². The van der Waals surface area contributed by atoms with Gasteiger partial charge in [0.05, 0.1) is 21.4 Å². The fourth-order valence-corrected chi connectivity index (χ4v) is 2.47. The first-order valence-electron chi connectivity index (χ1n) is 7.10. The molecule has 2 aromatic carbocycles. The molecule has 0 aliphatic carbocycles. The maximum atomic E-state index is 12.0. The van der Waals surface area contributed by atoms with E-state index in [0.717, 1.165) is 10.8 Å². The van der Waals surface area contributed by atoms with Gasteiger partial charge in [0.25, 0.3) is 5.56 Å². The van der Waals surface area contributed by atoms with Crippen molar-refractivity contribution in [3.05, 3.63) is 85.0 Å². The van der Waals surface area contributed by atoms with Crippen molar-refractivity contribution in [2.24, 2.45) is 4.99 Å². The molecule has 0 radical (unpaired) electrons. The molecule has 25 heavy (non-hydrogen) atoms. The molecule has 0 amide bonds. The zero-order chi connectivity index (χ0) is 18.0. The minimum Gasteiger partial charge on any atom is -0.493 e. The second kappa shape index (κ2) is 6.96. The molecule has 0 aliphatic heterocycles. The summed E-state index contributed by atoms with van der Waals surface area (Å²) in [5, 5.41) is 11.1. The normalized spacial score (nSPS) is 11.1. The lowest BCUT2D eigenvalue weighted by molar-refractivity contribution is 0.430. The first-order chi connectivity index (χ1) is 12.0. The van der Waals surface area contributed by atoms with Gasteiger partial charge in [0.1, 0.15) is 5.56 Å². The highest BCUT2D eigenvalue weighted by Gasteiger charge is 2.13. The minimum absolute atomic E-state index is 0.158. The first kappa shape index (κ1) is 17.0. The molecule has 8 heteroatoms. The average molecular weight is 376 g/mol. The van der Waals surface area contributed by atoms with Gasteiger partial charge in [0, 0.05) is 6.21 Å². The van der Waals surface area contributed by atoms with Crippen LogP contribution in [0.2, 0.25) is 10.0 Å². The van der Waals surface area contributed by atoms with Crippen LogP contribution in [0.4, 0.5) is 5.69 Å². The van der Waals surface area contributed by atoms with Crippen molar-refractivity contribution in [3.8, 4) is 11.6 Å². The second-order valence-electron chi connectivity index (χ2n) is 5.02. The van der Waals surface area contributed by atoms with Gasteiger partial charge in [-0.1, -0.05) is 41.4 Å². The lowest BCUT2D eigenvalue weighted by atomic mass is 10.3. The largest absolute Gasteiger partial charge is 0.493 e. The summed E-state index contributed by atoms with van der Waals surface area (Å²) in [4.78, 5) is 30.3. The quantitative estimate of drug-likeness (QED) is 0.688. The number of hydrogen-bond donors (Lipinski definition) is 2. The molecule has 126 valence electrons. The van der Waals surface area contributed by atoms with Crippen LogP contribution >= 0.6 is 23.2 Å². The van der Waals surface area contributed by atoms with Crippen molar-refractivity contribution in [1.82, 2.24) is 9.55 Å². The number of hydrogen-bond acceptors (Lipinski definition) is 4. The number of benzene rings is 2. The predicted molar refractivity (Wildman–Crippen MR) is 98.0 cm³/mol. The minimum atomic E-state index is -0.751. The van der Waals surface area contributed by atoms with E-state index in [1.165, 1.54) is 6.07 Å². The molecule has 6 nitrogen and oxygen atoms in total. The van der Waals surface area contributed by atoms with Gasteiger partial charge in [-0.15, -0.1) is 0 Å². The van der Waals surface area contributed by atoms with E-state index in [1.54, 1.807) is 42.5 Å². The third-order valence-electron chi connectivity index (χ3n) is 3.38. The van der Waals surface area contributed by atoms with Crippen molar-refractivity contribution < 1.29 is 5.11 Å². The molecule has 0 unspecified atom stereocenters. The summed E-state index contributed by atoms with van der Waals surface area (Å²) in [7, 11) is 0. The molecule has 3 rings (SSSR count). The molecule has 0 saturated carbocycles. The maximum Gasteiger partial charge on any atom is 0.335 e. The molecule has 2 N–H and O–H groups in total. The Bertz CT molecular complexity index is 1070. The Morgan fingerprint density at radius 3 is 2.44 bits per heavy atom. The average Bonchev–Trinajstić information content (AvgIpc) is 2.58. The summed E-state index contributed by atoms with van der Waals surface area (Å²) in [6.45, 7) is 0. The summed E-state index contributed by atoms with van der Waals surface area (Å²) in [5.41, 5.74) is -0.815. The Labute approximate surface area is 151 Å². The van der Waals surface area contributed by atoms with E-state index in [0.29, 0.717) is 21.4 Å². The summed E-state index contributed by atoms with van der Waals surface area (Å²) in [6, 6.07) is 13.1. The number of aromatic nitrogens is 2. The number of halogens is 2. The summed E-state index contributed by atoms with van der Waals surface area (Å²) < 4.78 is 0.984. The zero-order valence-corrected chi connectivity index (χ0v) is 14.1. The fourth-order valence-electron chi connectivity index (χ4n) is 2.18. The summed E-state index contributed by atoms with van der Waals surface area (Å²) >= 11 is 11.8. The monoisotopic (exact) mass is 375 g/mol. The van der Waals surface area contributed by atoms with Gasteiger partial charge in [-0.3, -0.25) is 14.8 Å². The van der Waals surface area contributed by atoms with E-state index in [-0.39, 0.29) is 5.56 Å². The number of nitrogens with one attached hydrogen (secondary N) is 1. The highest BCUT2D eigenvalue weighted by atomic mass is 35.5. The van der Waals surface area contributed by atoms with Crippen LogP contribution in [-0.4, -0.2) is 20.9 Å². The smallest absolute Gasteiger partial charge is 0.335 e. The molecule has 1 heterocycles. The molecular weight excluding hydrogens is 365 g/mol. The Kier molecular flexibility index (Phi) is 4.74. The fraction of sp³-hybridized carbons (Fsp3) is 0. The molecule has 0 atom stereocenters. The van der Waals surface area contributed by atoms with E-state index >= 15 is 0 Å². The molecule has 0 fully saturated rings. The van der Waals surface area contributed by atoms with E-state index < -0.39 is 17.1 Å². The molecule has 0 spiro atoms. The Balaban J connectivity index is 2.10. The predicted octanol–water partition coefficient (Wildman–Crippen LogP) is 3.29. The van der Waals surface area contributed by atoms with Crippen LogP contribution in [0.5, 0.6) is 5.88 Å². The van der Waals surface area contributed by atoms with E-state index in [9.17, 15) is 14.7 Å². The maximum absolute atomic E-state index is 12.0. The lowest BCUT2D eigenvalue weighted by Crippen LogP contribution is -2.31. The van der Waals surface area contributed by atoms with Crippen molar-refractivity contribution in [3.63, 3.8) is 0 Å². The number of aromatic amines is 1. The summed E-state index contributed by atoms with van der Waals surface area (Å²) in [6.07, 6.45) is 1.16. The lowest BCUT2D eigenvalue weighted by Gasteiger charge is -2.09. The standard InChI is InChI=1S/C17H11Cl2N3O3/c18-13-7-6-10(8-14(13)19)20-9-12-15(23)21-17(25)22(16(12)24)11-4-2-1-3-5-11/h1-9,24H,(H,21,23,25). The Morgan fingerprint density at radius 1 is 1.04 bits per heavy atom. The third kappa shape index (κ3) is 3.50. The Morgan fingerprint density at radius 2 is 1.76 bits per heavy atom. The number of aliphatic imine (C=N–C) groups is 1. The SMILES string of the molecule is O=c1[nH]c(=O)n(-c2ccccc2)c(O)c1C=Nc1ccc(Cl)c(Cl)c1. The number of H-pyrrole nitrogens is 1. The van der Waals surface area contributed by atoms with Crippen LogP contribution in [0.25, 0.3) is 5.69 Å². The van der Waals surface area contributed by atoms with Gasteiger partial charge in [0.15, 0.2) is 0 Å². The van der Waals surface area contributed by atoms with E-state index in [1.807, 2.05) is 0 Å². The van der Waals surface area contributed by atoms with Crippen LogP contribution in [-0.2, 0) is 0 Å². The highest BCUT2D eigenvalue weighted by molar-refractivity contribution is 6.42. The third-order valence-corrected chi connectivity index (χ3v) is 4.12. The van der Waals surface area contributed by atoms with Crippen LogP contribution in [0.15, 0.2) is 63.1 Å². The zero-order valence-electron chi connectivity index (χ0n) is 12.6. The van der Waals surface area contributed by atoms with E-state index in [2.05, 4.69) is 9.98 Å². The number of nitrogens with zero attached hydrogens (tertiary/aromatic N) is 2. The second-order valence-corrected chi connectivity index (χ2v) is 5.84. The highest BCUT2D eigenvalue weighted by Crippen LogP contribution is 2.26. The molecular formula is C17H11Cl2N3O3. The van der Waals surface area contributed by atoms with Crippen LogP contribution < -0.4 is 11.2 Å². The van der Waals surface area contributed by atoms with Crippen molar-refractivity contribution in [2.75, 3.05) is 0 Å². The van der Waals surface area contributed by atoms with Crippen LogP contribution in [0, 0.1) is 0 Å². The van der Waals surface area contributed by atoms with Gasteiger partial charge in [-0.05, 0) is 30.3 Å². The van der Waals surface area contributed by atoms with Crippen LogP contribution in [0.1, 0.15) is 5.56 Å². The molecule has 3 aromatic rings. The molecule has 1 aromatic heterocycles. The van der Waals surface area contributed by atoms with Gasteiger partial charge < -0.3 is 5.11 Å². The summed E-state index contributed by atoms with van der Waals surface area (Å²) in [5.74, 6) is -0.510.